The molecule has 0 nitrogen and oxygen atoms in total. The smallest absolute Gasteiger partial charge is 0.0149 e. The quantitative estimate of drug-likeness (QED) is 0.635. The zero-order valence-electron chi connectivity index (χ0n) is 8.06. The van der Waals surface area contributed by atoms with E-state index in [1.54, 1.807) is 0 Å². The number of hydrogen-bond acceptors (Lipinski definition) is 0. The fourth-order valence-electron chi connectivity index (χ4n) is 1.30. The molecule has 1 radical (unpaired) electrons. The van der Waals surface area contributed by atoms with Gasteiger partial charge in [-0.2, -0.15) is 0 Å². The topological polar surface area (TPSA) is 0 Å². The highest BCUT2D eigenvalue weighted by atomic mass is 14.0. The Hall–Kier alpha value is -0.780. The van der Waals surface area contributed by atoms with Gasteiger partial charge in [-0.1, -0.05) is 38.5 Å². The highest BCUT2D eigenvalue weighted by Crippen LogP contribution is 2.08. The summed E-state index contributed by atoms with van der Waals surface area (Å²) in [7, 11) is 0. The summed E-state index contributed by atoms with van der Waals surface area (Å²) >= 11 is 0. The molecule has 0 aliphatic heterocycles. The molecule has 0 atom stereocenters. The fourth-order valence-corrected chi connectivity index (χ4v) is 1.30. The maximum atomic E-state index is 3.28. The molecule has 1 aromatic rings. The zero-order chi connectivity index (χ0) is 8.81. The number of aryl methyl sites for hydroxylation is 2. The van der Waals surface area contributed by atoms with Crippen LogP contribution in [-0.4, -0.2) is 0 Å². The Balaban J connectivity index is 2.60. The highest BCUT2D eigenvalue weighted by Gasteiger charge is 1.93. The molecule has 1 aromatic carbocycles. The molecule has 0 aliphatic rings. The van der Waals surface area contributed by atoms with Crippen molar-refractivity contribution in [3.05, 3.63) is 35.4 Å². The van der Waals surface area contributed by atoms with Gasteiger partial charge < -0.3 is 0 Å². The van der Waals surface area contributed by atoms with Gasteiger partial charge in [-0.05, 0) is 36.5 Å². The summed E-state index contributed by atoms with van der Waals surface area (Å²) in [6.07, 6.45) is 4.87. The van der Waals surface area contributed by atoms with Gasteiger partial charge in [0.2, 0.25) is 0 Å². The van der Waals surface area contributed by atoms with Crippen LogP contribution in [0.25, 0.3) is 0 Å². The van der Waals surface area contributed by atoms with E-state index in [2.05, 4.69) is 32.0 Å². The maximum absolute atomic E-state index is 3.28. The Morgan fingerprint density at radius 3 is 2.83 bits per heavy atom. The third-order valence-electron chi connectivity index (χ3n) is 2.13. The van der Waals surface area contributed by atoms with E-state index < -0.39 is 0 Å². The van der Waals surface area contributed by atoms with Crippen molar-refractivity contribution < 1.29 is 0 Å². The minimum Gasteiger partial charge on any atom is -0.0654 e. The van der Waals surface area contributed by atoms with Crippen LogP contribution in [0.15, 0.2) is 18.2 Å². The number of benzene rings is 1. The van der Waals surface area contributed by atoms with Crippen molar-refractivity contribution >= 4 is 0 Å². The van der Waals surface area contributed by atoms with Gasteiger partial charge in [0.15, 0.2) is 0 Å². The van der Waals surface area contributed by atoms with Gasteiger partial charge in [-0.25, -0.2) is 0 Å². The van der Waals surface area contributed by atoms with Crippen LogP contribution in [0.2, 0.25) is 0 Å². The molecule has 0 unspecified atom stereocenters. The summed E-state index contributed by atoms with van der Waals surface area (Å²) in [4.78, 5) is 0. The third kappa shape index (κ3) is 2.69. The first kappa shape index (κ1) is 9.31. The monoisotopic (exact) mass is 161 g/mol. The molecular formula is C12H17. The van der Waals surface area contributed by atoms with Crippen molar-refractivity contribution in [2.45, 2.75) is 39.5 Å². The standard InChI is InChI=1S/C12H17/c1-3-5-7-12-9-6-8-11(4-2)10-12/h6,8,10H,3-5,7H2,1-2H3. The predicted molar refractivity (Wildman–Crippen MR) is 53.3 cm³/mol. The highest BCUT2D eigenvalue weighted by molar-refractivity contribution is 5.22. The zero-order valence-corrected chi connectivity index (χ0v) is 8.06. The van der Waals surface area contributed by atoms with E-state index in [-0.39, 0.29) is 0 Å². The molecule has 0 spiro atoms. The average molecular weight is 161 g/mol. The van der Waals surface area contributed by atoms with Crippen molar-refractivity contribution in [3.8, 4) is 0 Å². The van der Waals surface area contributed by atoms with Crippen LogP contribution < -0.4 is 0 Å². The first-order valence-electron chi connectivity index (χ1n) is 4.86. The lowest BCUT2D eigenvalue weighted by Crippen LogP contribution is -1.87. The molecule has 0 heteroatoms. The average Bonchev–Trinajstić information content (AvgIpc) is 2.15. The van der Waals surface area contributed by atoms with Crippen molar-refractivity contribution in [3.63, 3.8) is 0 Å². The molecule has 0 aromatic heterocycles. The van der Waals surface area contributed by atoms with Crippen LogP contribution in [0, 0.1) is 6.07 Å². The first-order chi connectivity index (χ1) is 5.86. The lowest BCUT2D eigenvalue weighted by molar-refractivity contribution is 0.793. The summed E-state index contributed by atoms with van der Waals surface area (Å²) in [6, 6.07) is 9.75. The van der Waals surface area contributed by atoms with Gasteiger partial charge in [-0.3, -0.25) is 0 Å². The summed E-state index contributed by atoms with van der Waals surface area (Å²) < 4.78 is 0. The van der Waals surface area contributed by atoms with Gasteiger partial charge in [0.1, 0.15) is 0 Å². The molecule has 0 N–H and O–H groups in total. The molecule has 0 fully saturated rings. The van der Waals surface area contributed by atoms with Crippen molar-refractivity contribution in [1.82, 2.24) is 0 Å². The van der Waals surface area contributed by atoms with E-state index in [0.29, 0.717) is 0 Å². The fraction of sp³-hybridized carbons (Fsp3) is 0.500. The van der Waals surface area contributed by atoms with E-state index in [1.165, 1.54) is 30.4 Å². The van der Waals surface area contributed by atoms with Crippen LogP contribution in [0.5, 0.6) is 0 Å². The lowest BCUT2D eigenvalue weighted by atomic mass is 10.0. The Bertz CT molecular complexity index is 225. The molecule has 12 heavy (non-hydrogen) atoms. The van der Waals surface area contributed by atoms with Crippen LogP contribution in [0.1, 0.15) is 37.8 Å². The summed E-state index contributed by atoms with van der Waals surface area (Å²) in [5.74, 6) is 0. The molecule has 0 amide bonds. The largest absolute Gasteiger partial charge is 0.0654 e. The minimum absolute atomic E-state index is 1.13. The Morgan fingerprint density at radius 2 is 2.17 bits per heavy atom. The van der Waals surface area contributed by atoms with Gasteiger partial charge in [0.25, 0.3) is 0 Å². The number of hydrogen-bond donors (Lipinski definition) is 0. The van der Waals surface area contributed by atoms with E-state index >= 15 is 0 Å². The predicted octanol–water partition coefficient (Wildman–Crippen LogP) is 3.39. The second-order valence-electron chi connectivity index (χ2n) is 3.18. The molecule has 65 valence electrons. The molecular weight excluding hydrogens is 144 g/mol. The van der Waals surface area contributed by atoms with Crippen molar-refractivity contribution in [2.24, 2.45) is 0 Å². The van der Waals surface area contributed by atoms with Crippen LogP contribution in [0.4, 0.5) is 0 Å². The number of unbranched alkanes of at least 4 members (excludes halogenated alkanes) is 1. The van der Waals surface area contributed by atoms with Gasteiger partial charge >= 0.3 is 0 Å². The van der Waals surface area contributed by atoms with E-state index in [0.717, 1.165) is 6.42 Å². The van der Waals surface area contributed by atoms with Gasteiger partial charge in [0.05, 0.1) is 0 Å². The van der Waals surface area contributed by atoms with Crippen LogP contribution >= 0.6 is 0 Å². The molecule has 0 bridgehead atoms. The SMILES string of the molecule is CCCCc1[c]ccc(CC)c1. The van der Waals surface area contributed by atoms with E-state index in [1.807, 2.05) is 6.07 Å². The maximum Gasteiger partial charge on any atom is -0.0149 e. The third-order valence-corrected chi connectivity index (χ3v) is 2.13. The first-order valence-corrected chi connectivity index (χ1v) is 4.86. The molecule has 0 saturated carbocycles. The Kier molecular flexibility index (Phi) is 3.86. The second-order valence-corrected chi connectivity index (χ2v) is 3.18. The Morgan fingerprint density at radius 1 is 1.33 bits per heavy atom. The molecule has 0 saturated heterocycles. The van der Waals surface area contributed by atoms with Crippen molar-refractivity contribution in [1.29, 1.82) is 0 Å². The number of rotatable bonds is 4. The summed E-state index contributed by atoms with van der Waals surface area (Å²) in [5, 5.41) is 0. The van der Waals surface area contributed by atoms with Crippen molar-refractivity contribution in [2.75, 3.05) is 0 Å². The van der Waals surface area contributed by atoms with E-state index in [4.69, 9.17) is 0 Å². The summed E-state index contributed by atoms with van der Waals surface area (Å²) in [6.45, 7) is 4.42. The van der Waals surface area contributed by atoms with E-state index in [9.17, 15) is 0 Å². The molecule has 0 aliphatic carbocycles. The van der Waals surface area contributed by atoms with Crippen LogP contribution in [0.3, 0.4) is 0 Å². The van der Waals surface area contributed by atoms with Crippen LogP contribution in [-0.2, 0) is 12.8 Å². The molecule has 1 rings (SSSR count). The molecule has 0 heterocycles. The van der Waals surface area contributed by atoms with Gasteiger partial charge in [-0.15, -0.1) is 0 Å². The minimum atomic E-state index is 1.13. The normalized spacial score (nSPS) is 10.2. The Labute approximate surface area is 75.6 Å². The van der Waals surface area contributed by atoms with Gasteiger partial charge in [0, 0.05) is 0 Å². The second kappa shape index (κ2) is 4.97. The summed E-state index contributed by atoms with van der Waals surface area (Å²) in [5.41, 5.74) is 2.80. The lowest BCUT2D eigenvalue weighted by Gasteiger charge is -2.01.